The first-order chi connectivity index (χ1) is 15.7. The van der Waals surface area contributed by atoms with Crippen molar-refractivity contribution in [1.82, 2.24) is 14.9 Å². The Morgan fingerprint density at radius 2 is 2.03 bits per heavy atom. The highest BCUT2D eigenvalue weighted by atomic mass is 32.2. The van der Waals surface area contributed by atoms with Crippen LogP contribution in [0.15, 0.2) is 39.6 Å². The van der Waals surface area contributed by atoms with E-state index in [0.29, 0.717) is 28.4 Å². The summed E-state index contributed by atoms with van der Waals surface area (Å²) in [5.41, 5.74) is 6.91. The number of nitrogen functional groups attached to an aromatic ring is 1. The Bertz CT molecular complexity index is 1040. The lowest BCUT2D eigenvalue weighted by Gasteiger charge is -2.22. The topological polar surface area (TPSA) is 155 Å². The number of furan rings is 1. The molecule has 0 saturated heterocycles. The first kappa shape index (κ1) is 25.6. The van der Waals surface area contributed by atoms with Crippen LogP contribution in [0, 0.1) is 6.92 Å². The first-order valence-electron chi connectivity index (χ1n) is 9.75. The van der Waals surface area contributed by atoms with Gasteiger partial charge in [0.1, 0.15) is 11.6 Å². The number of allylic oxidation sites excluding steroid dienone is 1. The number of thioether (sulfide) groups is 1. The molecule has 2 N–H and O–H groups in total. The maximum absolute atomic E-state index is 12.6. The van der Waals surface area contributed by atoms with Gasteiger partial charge in [-0.15, -0.1) is 0 Å². The number of aryl methyl sites for hydroxylation is 1. The quantitative estimate of drug-likeness (QED) is 0.375. The zero-order valence-electron chi connectivity index (χ0n) is 18.4. The molecule has 11 nitrogen and oxygen atoms in total. The normalized spacial score (nSPS) is 11.4. The zero-order chi connectivity index (χ0) is 24.4. The number of carbonyl (C=O) groups is 4. The Morgan fingerprint density at radius 3 is 2.64 bits per heavy atom. The summed E-state index contributed by atoms with van der Waals surface area (Å²) < 4.78 is 14.8. The Kier molecular flexibility index (Phi) is 9.61. The first-order valence-corrected chi connectivity index (χ1v) is 10.6. The molecule has 0 aliphatic heterocycles. The van der Waals surface area contributed by atoms with Gasteiger partial charge in [-0.2, -0.15) is 0 Å². The van der Waals surface area contributed by atoms with Crippen LogP contribution in [0.5, 0.6) is 0 Å². The molecule has 0 unspecified atom stereocenters. The molecule has 33 heavy (non-hydrogen) atoms. The highest BCUT2D eigenvalue weighted by molar-refractivity contribution is 8.17. The van der Waals surface area contributed by atoms with Gasteiger partial charge in [-0.1, -0.05) is 0 Å². The molecular weight excluding hydrogens is 452 g/mol. The van der Waals surface area contributed by atoms with Crippen LogP contribution in [0.4, 0.5) is 5.82 Å². The van der Waals surface area contributed by atoms with Crippen molar-refractivity contribution in [2.45, 2.75) is 33.7 Å². The molecule has 2 heterocycles. The van der Waals surface area contributed by atoms with Gasteiger partial charge in [0.15, 0.2) is 12.4 Å². The fraction of sp³-hybridized carbons (Fsp3) is 0.333. The largest absolute Gasteiger partial charge is 0.463 e. The van der Waals surface area contributed by atoms with Gasteiger partial charge in [0, 0.05) is 35.7 Å². The van der Waals surface area contributed by atoms with E-state index in [1.807, 2.05) is 0 Å². The standard InChI is InChI=1S/C21H24N4O7S/c1-13(25(12-26)10-16-9-23-14(2)24-20(16)22)18(33-21(29)17-5-4-7-30-17)6-8-31-19(28)11-32-15(3)27/h4-5,7,9,12H,6,8,10-11H2,1-3H3,(H2,22,23,24)/b18-13-. The van der Waals surface area contributed by atoms with E-state index in [4.69, 9.17) is 14.9 Å². The summed E-state index contributed by atoms with van der Waals surface area (Å²) >= 11 is 0.849. The van der Waals surface area contributed by atoms with Gasteiger partial charge in [-0.05, 0) is 37.7 Å². The minimum absolute atomic E-state index is 0.0761. The average Bonchev–Trinajstić information content (AvgIpc) is 3.31. The number of hydrogen-bond acceptors (Lipinski definition) is 11. The van der Waals surface area contributed by atoms with E-state index >= 15 is 0 Å². The molecule has 0 spiro atoms. The third-order valence-electron chi connectivity index (χ3n) is 4.24. The molecule has 0 fully saturated rings. The number of ether oxygens (including phenoxy) is 2. The van der Waals surface area contributed by atoms with Crippen LogP contribution < -0.4 is 5.73 Å². The van der Waals surface area contributed by atoms with Crippen LogP contribution in [0.2, 0.25) is 0 Å². The molecule has 176 valence electrons. The molecule has 12 heteroatoms. The molecule has 2 rings (SSSR count). The lowest BCUT2D eigenvalue weighted by Crippen LogP contribution is -2.22. The smallest absolute Gasteiger partial charge is 0.344 e. The molecule has 0 bridgehead atoms. The van der Waals surface area contributed by atoms with Crippen molar-refractivity contribution in [3.63, 3.8) is 0 Å². The minimum Gasteiger partial charge on any atom is -0.463 e. The number of amides is 1. The molecule has 0 radical (unpaired) electrons. The number of aromatic nitrogens is 2. The Balaban J connectivity index is 2.20. The third kappa shape index (κ3) is 8.07. The number of hydrogen-bond donors (Lipinski definition) is 1. The summed E-state index contributed by atoms with van der Waals surface area (Å²) in [4.78, 5) is 56.9. The van der Waals surface area contributed by atoms with Crippen LogP contribution in [-0.2, 0) is 30.4 Å². The van der Waals surface area contributed by atoms with Crippen molar-refractivity contribution in [2.24, 2.45) is 0 Å². The highest BCUT2D eigenvalue weighted by Crippen LogP contribution is 2.29. The van der Waals surface area contributed by atoms with Crippen LogP contribution in [0.25, 0.3) is 0 Å². The maximum atomic E-state index is 12.6. The van der Waals surface area contributed by atoms with Crippen LogP contribution in [-0.4, -0.2) is 51.5 Å². The van der Waals surface area contributed by atoms with Crippen LogP contribution >= 0.6 is 11.8 Å². The zero-order valence-corrected chi connectivity index (χ0v) is 19.2. The Hall–Kier alpha value is -3.67. The molecular formula is C21H24N4O7S. The van der Waals surface area contributed by atoms with E-state index in [2.05, 4.69) is 14.7 Å². The SMILES string of the molecule is CC(=O)OCC(=O)OCC/C(SC(=O)c1ccco1)=C(\C)N(C=O)Cc1cnc(C)nc1N. The van der Waals surface area contributed by atoms with Crippen molar-refractivity contribution in [3.8, 4) is 0 Å². The maximum Gasteiger partial charge on any atom is 0.344 e. The van der Waals surface area contributed by atoms with Gasteiger partial charge in [0.25, 0.3) is 5.12 Å². The summed E-state index contributed by atoms with van der Waals surface area (Å²) in [5.74, 6) is -0.476. The number of anilines is 1. The molecule has 0 aromatic carbocycles. The van der Waals surface area contributed by atoms with Crippen LogP contribution in [0.3, 0.4) is 0 Å². The minimum atomic E-state index is -0.735. The average molecular weight is 477 g/mol. The number of nitrogens with two attached hydrogens (primary N) is 1. The van der Waals surface area contributed by atoms with Gasteiger partial charge in [-0.3, -0.25) is 14.4 Å². The molecule has 0 aliphatic rings. The van der Waals surface area contributed by atoms with Gasteiger partial charge >= 0.3 is 11.9 Å². The number of carbonyl (C=O) groups excluding carboxylic acids is 4. The Labute approximate surface area is 194 Å². The second-order valence-corrected chi connectivity index (χ2v) is 7.75. The molecule has 2 aromatic rings. The van der Waals surface area contributed by atoms with Crippen molar-refractivity contribution in [3.05, 3.63) is 52.3 Å². The second kappa shape index (κ2) is 12.4. The summed E-state index contributed by atoms with van der Waals surface area (Å²) in [7, 11) is 0. The molecule has 2 aromatic heterocycles. The van der Waals surface area contributed by atoms with Crippen molar-refractivity contribution in [2.75, 3.05) is 18.9 Å². The van der Waals surface area contributed by atoms with Gasteiger partial charge in [-0.25, -0.2) is 14.8 Å². The fourth-order valence-electron chi connectivity index (χ4n) is 2.54. The van der Waals surface area contributed by atoms with Crippen molar-refractivity contribution in [1.29, 1.82) is 0 Å². The molecule has 0 aliphatic carbocycles. The van der Waals surface area contributed by atoms with Crippen LogP contribution in [0.1, 0.15) is 42.2 Å². The lowest BCUT2D eigenvalue weighted by molar-refractivity contribution is -0.157. The summed E-state index contributed by atoms with van der Waals surface area (Å²) in [5, 5.41) is -0.385. The van der Waals surface area contributed by atoms with E-state index < -0.39 is 18.5 Å². The fourth-order valence-corrected chi connectivity index (χ4v) is 3.43. The highest BCUT2D eigenvalue weighted by Gasteiger charge is 2.19. The number of rotatable bonds is 11. The second-order valence-electron chi connectivity index (χ2n) is 6.69. The van der Waals surface area contributed by atoms with Gasteiger partial charge < -0.3 is 24.5 Å². The monoisotopic (exact) mass is 476 g/mol. The van der Waals surface area contributed by atoms with E-state index in [9.17, 15) is 19.2 Å². The number of esters is 2. The lowest BCUT2D eigenvalue weighted by atomic mass is 10.2. The molecule has 0 atom stereocenters. The van der Waals surface area contributed by atoms with Gasteiger partial charge in [0.05, 0.1) is 19.4 Å². The van der Waals surface area contributed by atoms with E-state index in [-0.39, 0.29) is 36.3 Å². The summed E-state index contributed by atoms with van der Waals surface area (Å²) in [6, 6.07) is 3.10. The van der Waals surface area contributed by atoms with E-state index in [1.54, 1.807) is 19.9 Å². The van der Waals surface area contributed by atoms with Crippen molar-refractivity contribution < 1.29 is 33.1 Å². The van der Waals surface area contributed by atoms with E-state index in [1.165, 1.54) is 30.4 Å². The number of nitrogens with zero attached hydrogens (tertiary/aromatic N) is 3. The van der Waals surface area contributed by atoms with E-state index in [0.717, 1.165) is 11.8 Å². The summed E-state index contributed by atoms with van der Waals surface area (Å²) in [6.45, 7) is 3.98. The van der Waals surface area contributed by atoms with Gasteiger partial charge in [0.2, 0.25) is 6.41 Å². The molecule has 0 saturated carbocycles. The van der Waals surface area contributed by atoms with Crippen molar-refractivity contribution >= 4 is 41.0 Å². The predicted octanol–water partition coefficient (Wildman–Crippen LogP) is 2.22. The summed E-state index contributed by atoms with van der Waals surface area (Å²) in [6.07, 6.45) is 3.62. The molecule has 1 amide bonds. The Morgan fingerprint density at radius 1 is 1.27 bits per heavy atom. The predicted molar refractivity (Wildman–Crippen MR) is 118 cm³/mol. The third-order valence-corrected chi connectivity index (χ3v) is 5.38.